The van der Waals surface area contributed by atoms with Gasteiger partial charge in [0.25, 0.3) is 5.91 Å². The molecule has 2 aromatic rings. The number of benzene rings is 1. The smallest absolute Gasteiger partial charge is 0.289 e. The van der Waals surface area contributed by atoms with E-state index in [0.717, 1.165) is 31.1 Å². The Kier molecular flexibility index (Phi) is 5.70. The highest BCUT2D eigenvalue weighted by Gasteiger charge is 2.29. The topological polar surface area (TPSA) is 79.6 Å². The molecule has 1 aromatic carbocycles. The van der Waals surface area contributed by atoms with Crippen molar-refractivity contribution < 1.29 is 17.6 Å². The van der Waals surface area contributed by atoms with Gasteiger partial charge >= 0.3 is 0 Å². The van der Waals surface area contributed by atoms with Crippen LogP contribution in [-0.2, 0) is 10.0 Å². The van der Waals surface area contributed by atoms with Gasteiger partial charge in [0.15, 0.2) is 5.76 Å². The molecule has 1 fully saturated rings. The summed E-state index contributed by atoms with van der Waals surface area (Å²) in [4.78, 5) is 14.6. The van der Waals surface area contributed by atoms with E-state index in [2.05, 4.69) is 4.72 Å². The molecule has 1 aliphatic heterocycles. The molecule has 1 saturated heterocycles. The van der Waals surface area contributed by atoms with Crippen LogP contribution >= 0.6 is 11.6 Å². The molecule has 0 spiro atoms. The number of sulfonamides is 1. The van der Waals surface area contributed by atoms with Gasteiger partial charge in [0.2, 0.25) is 10.0 Å². The first-order valence-corrected chi connectivity index (χ1v) is 10.7. The third kappa shape index (κ3) is 4.47. The van der Waals surface area contributed by atoms with E-state index in [4.69, 9.17) is 16.0 Å². The molecule has 0 aliphatic carbocycles. The molecular formula is C18H21ClN2O4S. The van der Waals surface area contributed by atoms with Crippen LogP contribution in [0.2, 0.25) is 5.02 Å². The molecule has 6 nitrogen and oxygen atoms in total. The molecule has 3 rings (SSSR count). The Morgan fingerprint density at radius 3 is 2.77 bits per heavy atom. The molecule has 1 amide bonds. The van der Waals surface area contributed by atoms with Crippen molar-refractivity contribution in [2.24, 2.45) is 0 Å². The fraction of sp³-hybridized carbons (Fsp3) is 0.389. The largest absolute Gasteiger partial charge is 0.451 e. The van der Waals surface area contributed by atoms with Crippen molar-refractivity contribution in [2.75, 3.05) is 19.3 Å². The molecule has 0 bridgehead atoms. The number of likely N-dealkylation sites (tertiary alicyclic amines) is 1. The number of piperidine rings is 1. The zero-order valence-electron chi connectivity index (χ0n) is 14.4. The third-order valence-electron chi connectivity index (χ3n) is 4.43. The minimum absolute atomic E-state index is 0.181. The SMILES string of the molecule is CS(=O)(=O)NCC1CCCCN1C(=O)c1ccc(-c2ccccc2Cl)o1. The number of nitrogens with one attached hydrogen (secondary N) is 1. The highest BCUT2D eigenvalue weighted by atomic mass is 35.5. The van der Waals surface area contributed by atoms with Gasteiger partial charge in [0.1, 0.15) is 5.76 Å². The molecule has 26 heavy (non-hydrogen) atoms. The third-order valence-corrected chi connectivity index (χ3v) is 5.45. The Morgan fingerprint density at radius 1 is 1.27 bits per heavy atom. The van der Waals surface area contributed by atoms with E-state index in [9.17, 15) is 13.2 Å². The Labute approximate surface area is 158 Å². The van der Waals surface area contributed by atoms with Gasteiger partial charge in [0.05, 0.1) is 11.3 Å². The van der Waals surface area contributed by atoms with Gasteiger partial charge in [0, 0.05) is 24.7 Å². The normalized spacial score (nSPS) is 18.1. The number of hydrogen-bond donors (Lipinski definition) is 1. The molecule has 1 N–H and O–H groups in total. The summed E-state index contributed by atoms with van der Waals surface area (Å²) in [6.07, 6.45) is 3.72. The monoisotopic (exact) mass is 396 g/mol. The Morgan fingerprint density at radius 2 is 2.04 bits per heavy atom. The molecule has 1 aromatic heterocycles. The second kappa shape index (κ2) is 7.82. The molecule has 1 unspecified atom stereocenters. The number of rotatable bonds is 5. The maximum Gasteiger partial charge on any atom is 0.289 e. The summed E-state index contributed by atoms with van der Waals surface area (Å²) in [5, 5.41) is 0.550. The number of hydrogen-bond acceptors (Lipinski definition) is 4. The van der Waals surface area contributed by atoms with Crippen LogP contribution in [0.3, 0.4) is 0 Å². The van der Waals surface area contributed by atoms with Crippen molar-refractivity contribution in [3.05, 3.63) is 47.2 Å². The molecule has 0 saturated carbocycles. The van der Waals surface area contributed by atoms with Crippen LogP contribution in [-0.4, -0.2) is 44.6 Å². The number of carbonyl (C=O) groups is 1. The van der Waals surface area contributed by atoms with Crippen molar-refractivity contribution in [3.63, 3.8) is 0 Å². The number of carbonyl (C=O) groups excluding carboxylic acids is 1. The van der Waals surface area contributed by atoms with E-state index in [1.165, 1.54) is 0 Å². The van der Waals surface area contributed by atoms with E-state index >= 15 is 0 Å². The zero-order valence-corrected chi connectivity index (χ0v) is 16.0. The lowest BCUT2D eigenvalue weighted by molar-refractivity contribution is 0.0587. The highest BCUT2D eigenvalue weighted by molar-refractivity contribution is 7.88. The Hall–Kier alpha value is -1.83. The lowest BCUT2D eigenvalue weighted by Gasteiger charge is -2.35. The summed E-state index contributed by atoms with van der Waals surface area (Å²) in [6, 6.07) is 10.4. The molecule has 8 heteroatoms. The van der Waals surface area contributed by atoms with Crippen molar-refractivity contribution in [1.29, 1.82) is 0 Å². The standard InChI is InChI=1S/C18H21ClN2O4S/c1-26(23,24)20-12-13-6-4-5-11-21(13)18(22)17-10-9-16(25-17)14-7-2-3-8-15(14)19/h2-3,7-10,13,20H,4-6,11-12H2,1H3. The second-order valence-electron chi connectivity index (χ2n) is 6.41. The average Bonchev–Trinajstić information content (AvgIpc) is 3.09. The highest BCUT2D eigenvalue weighted by Crippen LogP contribution is 2.30. The molecular weight excluding hydrogens is 376 g/mol. The average molecular weight is 397 g/mol. The van der Waals surface area contributed by atoms with Crippen LogP contribution < -0.4 is 4.72 Å². The van der Waals surface area contributed by atoms with Crippen molar-refractivity contribution in [3.8, 4) is 11.3 Å². The summed E-state index contributed by atoms with van der Waals surface area (Å²) in [7, 11) is -3.30. The van der Waals surface area contributed by atoms with E-state index in [-0.39, 0.29) is 24.3 Å². The van der Waals surface area contributed by atoms with Crippen LogP contribution in [0.5, 0.6) is 0 Å². The molecule has 0 radical (unpaired) electrons. The minimum Gasteiger partial charge on any atom is -0.451 e. The molecule has 140 valence electrons. The van der Waals surface area contributed by atoms with Gasteiger partial charge in [-0.1, -0.05) is 23.7 Å². The van der Waals surface area contributed by atoms with Crippen LogP contribution in [0.15, 0.2) is 40.8 Å². The quantitative estimate of drug-likeness (QED) is 0.841. The summed E-state index contributed by atoms with van der Waals surface area (Å²) < 4.78 is 31.0. The lowest BCUT2D eigenvalue weighted by Crippen LogP contribution is -2.49. The first-order chi connectivity index (χ1) is 12.3. The van der Waals surface area contributed by atoms with Crippen LogP contribution in [0.25, 0.3) is 11.3 Å². The molecule has 1 atom stereocenters. The van der Waals surface area contributed by atoms with E-state index < -0.39 is 10.0 Å². The van der Waals surface area contributed by atoms with Gasteiger partial charge in [-0.2, -0.15) is 0 Å². The predicted octanol–water partition coefficient (Wildman–Crippen LogP) is 3.14. The van der Waals surface area contributed by atoms with Crippen LogP contribution in [0, 0.1) is 0 Å². The zero-order chi connectivity index (χ0) is 18.7. The Bertz CT molecular complexity index is 894. The number of nitrogens with zero attached hydrogens (tertiary/aromatic N) is 1. The molecule has 2 heterocycles. The fourth-order valence-corrected chi connectivity index (χ4v) is 3.85. The van der Waals surface area contributed by atoms with Crippen molar-refractivity contribution in [2.45, 2.75) is 25.3 Å². The lowest BCUT2D eigenvalue weighted by atomic mass is 10.0. The van der Waals surface area contributed by atoms with Crippen molar-refractivity contribution >= 4 is 27.5 Å². The van der Waals surface area contributed by atoms with E-state index in [0.29, 0.717) is 17.3 Å². The van der Waals surface area contributed by atoms with Gasteiger partial charge in [-0.3, -0.25) is 4.79 Å². The van der Waals surface area contributed by atoms with Gasteiger partial charge in [-0.25, -0.2) is 13.1 Å². The maximum atomic E-state index is 12.9. The molecule has 1 aliphatic rings. The van der Waals surface area contributed by atoms with Gasteiger partial charge in [-0.15, -0.1) is 0 Å². The summed E-state index contributed by atoms with van der Waals surface area (Å²) in [5.41, 5.74) is 0.724. The fourth-order valence-electron chi connectivity index (χ4n) is 3.13. The summed E-state index contributed by atoms with van der Waals surface area (Å²) >= 11 is 6.18. The number of furan rings is 1. The van der Waals surface area contributed by atoms with Gasteiger partial charge < -0.3 is 9.32 Å². The van der Waals surface area contributed by atoms with E-state index in [1.807, 2.05) is 18.2 Å². The first-order valence-electron chi connectivity index (χ1n) is 8.45. The van der Waals surface area contributed by atoms with Crippen LogP contribution in [0.4, 0.5) is 0 Å². The van der Waals surface area contributed by atoms with E-state index in [1.54, 1.807) is 23.1 Å². The second-order valence-corrected chi connectivity index (χ2v) is 8.65. The first kappa shape index (κ1) is 18.9. The Balaban J connectivity index is 1.78. The number of amides is 1. The van der Waals surface area contributed by atoms with Crippen LogP contribution in [0.1, 0.15) is 29.8 Å². The van der Waals surface area contributed by atoms with Crippen molar-refractivity contribution in [1.82, 2.24) is 9.62 Å². The maximum absolute atomic E-state index is 12.9. The summed E-state index contributed by atoms with van der Waals surface area (Å²) in [6.45, 7) is 0.791. The predicted molar refractivity (Wildman–Crippen MR) is 101 cm³/mol. The number of halogens is 1. The van der Waals surface area contributed by atoms with Gasteiger partial charge in [-0.05, 0) is 43.5 Å². The minimum atomic E-state index is -3.30. The summed E-state index contributed by atoms with van der Waals surface area (Å²) in [5.74, 6) is 0.524.